The van der Waals surface area contributed by atoms with Crippen LogP contribution in [0.25, 0.3) is 0 Å². The summed E-state index contributed by atoms with van der Waals surface area (Å²) in [6.45, 7) is 0. The van der Waals surface area contributed by atoms with Gasteiger partial charge in [0.05, 0.1) is 10.7 Å². The molecular weight excluding hydrogens is 534 g/mol. The van der Waals surface area contributed by atoms with Crippen LogP contribution in [0.3, 0.4) is 0 Å². The highest BCUT2D eigenvalue weighted by molar-refractivity contribution is 6.33. The molecule has 4 N–H and O–H groups in total. The van der Waals surface area contributed by atoms with Gasteiger partial charge in [-0.05, 0) is 71.8 Å². The van der Waals surface area contributed by atoms with Crippen molar-refractivity contribution in [2.45, 2.75) is 17.8 Å². The highest BCUT2D eigenvalue weighted by atomic mass is 35.5. The minimum atomic E-state index is -5.74. The summed E-state index contributed by atoms with van der Waals surface area (Å²) in [4.78, 5) is 0. The fraction of sp³-hybridized carbons (Fsp3) is 0.111. The van der Waals surface area contributed by atoms with Crippen molar-refractivity contribution in [3.05, 3.63) is 107 Å². The SMILES string of the molecule is Nc1ccc(Oc2ccc(C(c3ccc(Oc4ccc(N)c(Cl)c4)cc3)(C(F)(F)F)C(F)(F)F)cc2)cc1. The minimum Gasteiger partial charge on any atom is -0.457 e. The summed E-state index contributed by atoms with van der Waals surface area (Å²) in [6.07, 6.45) is -11.5. The molecule has 0 saturated heterocycles. The quantitative estimate of drug-likeness (QED) is 0.186. The maximum Gasteiger partial charge on any atom is 0.411 e. The summed E-state index contributed by atoms with van der Waals surface area (Å²) in [7, 11) is 0. The molecule has 4 aromatic rings. The first-order chi connectivity index (χ1) is 17.8. The number of ether oxygens (including phenoxy) is 2. The lowest BCUT2D eigenvalue weighted by atomic mass is 9.73. The van der Waals surface area contributed by atoms with Gasteiger partial charge in [0, 0.05) is 11.8 Å². The topological polar surface area (TPSA) is 70.5 Å². The van der Waals surface area contributed by atoms with Crippen LogP contribution in [0, 0.1) is 0 Å². The molecule has 0 amide bonds. The zero-order chi connectivity index (χ0) is 27.7. The van der Waals surface area contributed by atoms with E-state index in [9.17, 15) is 26.3 Å². The van der Waals surface area contributed by atoms with Gasteiger partial charge in [0.1, 0.15) is 23.0 Å². The summed E-state index contributed by atoms with van der Waals surface area (Å²) in [5.74, 6) is 0.553. The molecule has 4 rings (SSSR count). The van der Waals surface area contributed by atoms with Crippen molar-refractivity contribution in [2.75, 3.05) is 11.5 Å². The maximum absolute atomic E-state index is 14.4. The Morgan fingerprint density at radius 1 is 0.526 bits per heavy atom. The molecule has 11 heteroatoms. The number of hydrogen-bond acceptors (Lipinski definition) is 4. The van der Waals surface area contributed by atoms with E-state index in [1.807, 2.05) is 0 Å². The van der Waals surface area contributed by atoms with Crippen LogP contribution < -0.4 is 20.9 Å². The molecule has 4 aromatic carbocycles. The van der Waals surface area contributed by atoms with E-state index in [4.69, 9.17) is 32.5 Å². The van der Waals surface area contributed by atoms with Crippen molar-refractivity contribution in [1.29, 1.82) is 0 Å². The van der Waals surface area contributed by atoms with Crippen molar-refractivity contribution < 1.29 is 35.8 Å². The number of benzene rings is 4. The third-order valence-corrected chi connectivity index (χ3v) is 6.08. The normalized spacial score (nSPS) is 12.3. The van der Waals surface area contributed by atoms with Gasteiger partial charge in [-0.15, -0.1) is 0 Å². The van der Waals surface area contributed by atoms with Gasteiger partial charge in [0.2, 0.25) is 5.41 Å². The lowest BCUT2D eigenvalue weighted by molar-refractivity contribution is -0.288. The van der Waals surface area contributed by atoms with Crippen LogP contribution in [-0.4, -0.2) is 12.4 Å². The predicted molar refractivity (Wildman–Crippen MR) is 133 cm³/mol. The molecule has 0 spiro atoms. The largest absolute Gasteiger partial charge is 0.457 e. The van der Waals surface area contributed by atoms with Crippen LogP contribution >= 0.6 is 11.6 Å². The summed E-state index contributed by atoms with van der Waals surface area (Å²) in [5.41, 5.74) is 5.58. The minimum absolute atomic E-state index is 0.0000767. The number of halogens is 7. The lowest BCUT2D eigenvalue weighted by Crippen LogP contribution is -2.54. The molecule has 4 nitrogen and oxygen atoms in total. The summed E-state index contributed by atoms with van der Waals surface area (Å²) in [5, 5.41) is 0.177. The lowest BCUT2D eigenvalue weighted by Gasteiger charge is -2.38. The Hall–Kier alpha value is -4.05. The van der Waals surface area contributed by atoms with Crippen LogP contribution in [0.5, 0.6) is 23.0 Å². The highest BCUT2D eigenvalue weighted by Gasteiger charge is 2.72. The molecule has 0 unspecified atom stereocenters. The second-order valence-electron chi connectivity index (χ2n) is 8.25. The first kappa shape index (κ1) is 27.0. The standard InChI is InChI=1S/C27H19ClF6N2O2/c28-23-15-22(13-14-24(23)36)38-20-9-3-17(4-10-20)25(26(29,30)31,27(32,33)34)16-1-7-19(8-2-16)37-21-11-5-18(35)6-12-21/h1-15H,35-36H2. The molecule has 0 saturated carbocycles. The Morgan fingerprint density at radius 3 is 1.29 bits per heavy atom. The molecule has 0 aliphatic rings. The molecule has 0 aromatic heterocycles. The second kappa shape index (κ2) is 10.0. The number of nitrogens with two attached hydrogens (primary N) is 2. The number of rotatable bonds is 6. The van der Waals surface area contributed by atoms with E-state index in [0.717, 1.165) is 48.5 Å². The van der Waals surface area contributed by atoms with Gasteiger partial charge in [-0.2, -0.15) is 26.3 Å². The fourth-order valence-electron chi connectivity index (χ4n) is 3.91. The zero-order valence-electron chi connectivity index (χ0n) is 19.3. The molecule has 0 aliphatic carbocycles. The van der Waals surface area contributed by atoms with E-state index < -0.39 is 28.9 Å². The fourth-order valence-corrected chi connectivity index (χ4v) is 4.08. The molecule has 0 atom stereocenters. The van der Waals surface area contributed by atoms with Gasteiger partial charge in [0.25, 0.3) is 0 Å². The van der Waals surface area contributed by atoms with E-state index in [1.165, 1.54) is 42.5 Å². The monoisotopic (exact) mass is 552 g/mol. The summed E-state index contributed by atoms with van der Waals surface area (Å²) >= 11 is 5.93. The smallest absolute Gasteiger partial charge is 0.411 e. The Kier molecular flexibility index (Phi) is 7.12. The predicted octanol–water partition coefficient (Wildman–Crippen LogP) is 8.50. The van der Waals surface area contributed by atoms with Gasteiger partial charge in [-0.3, -0.25) is 0 Å². The van der Waals surface area contributed by atoms with Gasteiger partial charge in [0.15, 0.2) is 0 Å². The number of nitrogen functional groups attached to an aromatic ring is 2. The van der Waals surface area contributed by atoms with E-state index in [1.54, 1.807) is 0 Å². The Bertz CT molecular complexity index is 1390. The number of alkyl halides is 6. The average Bonchev–Trinajstić information content (AvgIpc) is 2.84. The Morgan fingerprint density at radius 2 is 0.895 bits per heavy atom. The third kappa shape index (κ3) is 5.17. The van der Waals surface area contributed by atoms with E-state index in [2.05, 4.69) is 0 Å². The molecule has 38 heavy (non-hydrogen) atoms. The van der Waals surface area contributed by atoms with E-state index in [0.29, 0.717) is 11.4 Å². The van der Waals surface area contributed by atoms with Crippen molar-refractivity contribution in [2.24, 2.45) is 0 Å². The van der Waals surface area contributed by atoms with Gasteiger partial charge in [-0.25, -0.2) is 0 Å². The first-order valence-corrected chi connectivity index (χ1v) is 11.3. The van der Waals surface area contributed by atoms with Crippen LogP contribution in [0.4, 0.5) is 37.7 Å². The van der Waals surface area contributed by atoms with Crippen molar-refractivity contribution in [3.63, 3.8) is 0 Å². The Balaban J connectivity index is 1.71. The first-order valence-electron chi connectivity index (χ1n) is 10.9. The third-order valence-electron chi connectivity index (χ3n) is 5.75. The maximum atomic E-state index is 14.4. The molecule has 0 heterocycles. The molecular formula is C27H19ClF6N2O2. The second-order valence-corrected chi connectivity index (χ2v) is 8.66. The van der Waals surface area contributed by atoms with Crippen LogP contribution in [0.15, 0.2) is 91.0 Å². The number of hydrogen-bond donors (Lipinski definition) is 2. The van der Waals surface area contributed by atoms with Crippen molar-refractivity contribution >= 4 is 23.0 Å². The molecule has 0 bridgehead atoms. The number of anilines is 2. The van der Waals surface area contributed by atoms with Crippen LogP contribution in [-0.2, 0) is 5.41 Å². The average molecular weight is 553 g/mol. The summed E-state index contributed by atoms with van der Waals surface area (Å²) < 4.78 is 97.6. The zero-order valence-corrected chi connectivity index (χ0v) is 20.0. The van der Waals surface area contributed by atoms with Gasteiger partial charge in [-0.1, -0.05) is 35.9 Å². The molecule has 198 valence electrons. The van der Waals surface area contributed by atoms with Crippen LogP contribution in [0.2, 0.25) is 5.02 Å². The van der Waals surface area contributed by atoms with Gasteiger partial charge >= 0.3 is 12.4 Å². The van der Waals surface area contributed by atoms with Crippen molar-refractivity contribution in [1.82, 2.24) is 0 Å². The van der Waals surface area contributed by atoms with E-state index in [-0.39, 0.29) is 28.0 Å². The van der Waals surface area contributed by atoms with Crippen molar-refractivity contribution in [3.8, 4) is 23.0 Å². The van der Waals surface area contributed by atoms with Crippen LogP contribution in [0.1, 0.15) is 11.1 Å². The van der Waals surface area contributed by atoms with Gasteiger partial charge < -0.3 is 20.9 Å². The summed E-state index contributed by atoms with van der Waals surface area (Å²) in [6, 6.07) is 17.5. The Labute approximate surface area is 218 Å². The van der Waals surface area contributed by atoms with E-state index >= 15 is 0 Å². The highest BCUT2D eigenvalue weighted by Crippen LogP contribution is 2.56. The molecule has 0 radical (unpaired) electrons. The molecule has 0 fully saturated rings. The molecule has 0 aliphatic heterocycles.